The smallest absolute Gasteiger partial charge is 0.111 e. The second kappa shape index (κ2) is 6.80. The first-order valence-corrected chi connectivity index (χ1v) is 9.70. The Morgan fingerprint density at radius 3 is 2.90 bits per heavy atom. The summed E-state index contributed by atoms with van der Waals surface area (Å²) in [6.07, 6.45) is 8.15. The maximum Gasteiger partial charge on any atom is 0.111 e. The van der Waals surface area contributed by atoms with Crippen molar-refractivity contribution in [3.05, 3.63) is 29.0 Å². The molecule has 2 unspecified atom stereocenters. The van der Waals surface area contributed by atoms with E-state index >= 15 is 0 Å². The number of para-hydroxylation sites is 1. The number of imidazole rings is 1. The zero-order chi connectivity index (χ0) is 14.8. The monoisotopic (exact) mass is 342 g/mol. The molecule has 2 nitrogen and oxygen atoms in total. The molecule has 2 aromatic rings. The molecule has 0 aliphatic heterocycles. The predicted molar refractivity (Wildman–Crippen MR) is 94.0 cm³/mol. The highest BCUT2D eigenvalue weighted by molar-refractivity contribution is 7.99. The minimum Gasteiger partial charge on any atom is -0.324 e. The third-order valence-electron chi connectivity index (χ3n) is 4.36. The average molecular weight is 343 g/mol. The minimum atomic E-state index is 0.510. The second-order valence-electron chi connectivity index (χ2n) is 5.57. The van der Waals surface area contributed by atoms with E-state index < -0.39 is 0 Å². The van der Waals surface area contributed by atoms with Gasteiger partial charge in [-0.2, -0.15) is 11.8 Å². The molecule has 0 amide bonds. The van der Waals surface area contributed by atoms with E-state index in [1.807, 2.05) is 23.9 Å². The van der Waals surface area contributed by atoms with Crippen LogP contribution in [0.2, 0.25) is 5.02 Å². The predicted octanol–water partition coefficient (Wildman–Crippen LogP) is 5.32. The number of nitrogens with zero attached hydrogens (tertiary/aromatic N) is 2. The lowest BCUT2D eigenvalue weighted by Crippen LogP contribution is -2.26. The Kier molecular flexibility index (Phi) is 5.03. The third kappa shape index (κ3) is 2.93. The highest BCUT2D eigenvalue weighted by Crippen LogP contribution is 2.39. The molecule has 1 fully saturated rings. The summed E-state index contributed by atoms with van der Waals surface area (Å²) in [5, 5.41) is 1.39. The van der Waals surface area contributed by atoms with E-state index in [4.69, 9.17) is 28.2 Å². The molecule has 2 atom stereocenters. The summed E-state index contributed by atoms with van der Waals surface area (Å²) in [6.45, 7) is 0. The molecule has 0 spiro atoms. The van der Waals surface area contributed by atoms with Gasteiger partial charge in [-0.1, -0.05) is 30.5 Å². The van der Waals surface area contributed by atoms with E-state index in [9.17, 15) is 0 Å². The number of aromatic nitrogens is 2. The van der Waals surface area contributed by atoms with Gasteiger partial charge < -0.3 is 4.57 Å². The largest absolute Gasteiger partial charge is 0.324 e. The normalized spacial score (nSPS) is 22.8. The van der Waals surface area contributed by atoms with Crippen LogP contribution in [-0.2, 0) is 6.42 Å². The number of benzene rings is 1. The maximum atomic E-state index is 6.34. The van der Waals surface area contributed by atoms with Gasteiger partial charge in [-0.3, -0.25) is 0 Å². The van der Waals surface area contributed by atoms with Gasteiger partial charge >= 0.3 is 0 Å². The molecule has 1 aliphatic carbocycles. The standard InChI is InChI=1S/C16H20Cl2N2S/c1-21-14-8-3-2-6-12(14)20-13-7-4-5-11(18)16(13)19-15(20)9-10-17/h4-5,7,12,14H,2-3,6,8-10H2,1H3. The molecule has 1 saturated carbocycles. The highest BCUT2D eigenvalue weighted by Gasteiger charge is 2.29. The van der Waals surface area contributed by atoms with Gasteiger partial charge in [0.25, 0.3) is 0 Å². The summed E-state index contributed by atoms with van der Waals surface area (Å²) in [6, 6.07) is 6.58. The number of rotatable bonds is 4. The van der Waals surface area contributed by atoms with E-state index in [1.54, 1.807) is 0 Å². The molecule has 0 N–H and O–H groups in total. The van der Waals surface area contributed by atoms with Crippen molar-refractivity contribution in [2.45, 2.75) is 43.4 Å². The third-order valence-corrected chi connectivity index (χ3v) is 6.01. The van der Waals surface area contributed by atoms with Crippen LogP contribution in [0, 0.1) is 0 Å². The van der Waals surface area contributed by atoms with Crippen molar-refractivity contribution >= 4 is 46.0 Å². The lowest BCUT2D eigenvalue weighted by molar-refractivity contribution is 0.364. The van der Waals surface area contributed by atoms with Crippen LogP contribution >= 0.6 is 35.0 Å². The summed E-state index contributed by atoms with van der Waals surface area (Å²) in [7, 11) is 0. The van der Waals surface area contributed by atoms with E-state index in [0.29, 0.717) is 17.2 Å². The van der Waals surface area contributed by atoms with Crippen LogP contribution in [0.25, 0.3) is 11.0 Å². The van der Waals surface area contributed by atoms with Crippen molar-refractivity contribution in [3.63, 3.8) is 0 Å². The topological polar surface area (TPSA) is 17.8 Å². The maximum absolute atomic E-state index is 6.34. The zero-order valence-corrected chi connectivity index (χ0v) is 14.5. The molecule has 114 valence electrons. The van der Waals surface area contributed by atoms with Crippen molar-refractivity contribution in [2.75, 3.05) is 12.1 Å². The fourth-order valence-corrected chi connectivity index (χ4v) is 4.76. The Morgan fingerprint density at radius 2 is 2.14 bits per heavy atom. The lowest BCUT2D eigenvalue weighted by atomic mass is 9.94. The van der Waals surface area contributed by atoms with Crippen molar-refractivity contribution < 1.29 is 0 Å². The highest BCUT2D eigenvalue weighted by atomic mass is 35.5. The van der Waals surface area contributed by atoms with Gasteiger partial charge in [0.05, 0.1) is 10.5 Å². The number of aryl methyl sites for hydroxylation is 1. The number of thioether (sulfide) groups is 1. The van der Waals surface area contributed by atoms with E-state index in [-0.39, 0.29) is 0 Å². The Hall–Kier alpha value is -0.380. The van der Waals surface area contributed by atoms with Gasteiger partial charge in [-0.25, -0.2) is 4.98 Å². The molecule has 3 rings (SSSR count). The van der Waals surface area contributed by atoms with Gasteiger partial charge in [0, 0.05) is 23.6 Å². The van der Waals surface area contributed by atoms with Gasteiger partial charge in [0.2, 0.25) is 0 Å². The summed E-state index contributed by atoms with van der Waals surface area (Å²) in [5.41, 5.74) is 2.08. The van der Waals surface area contributed by atoms with Crippen molar-refractivity contribution in [1.82, 2.24) is 9.55 Å². The van der Waals surface area contributed by atoms with Crippen LogP contribution in [0.4, 0.5) is 0 Å². The first kappa shape index (κ1) is 15.5. The molecule has 1 aromatic heterocycles. The Bertz CT molecular complexity index is 626. The summed E-state index contributed by atoms with van der Waals surface area (Å²) < 4.78 is 2.42. The summed E-state index contributed by atoms with van der Waals surface area (Å²) >= 11 is 14.3. The number of hydrogen-bond acceptors (Lipinski definition) is 2. The van der Waals surface area contributed by atoms with Crippen LogP contribution in [0.15, 0.2) is 18.2 Å². The van der Waals surface area contributed by atoms with Gasteiger partial charge in [-0.05, 0) is 31.2 Å². The van der Waals surface area contributed by atoms with Crippen LogP contribution in [-0.4, -0.2) is 26.9 Å². The van der Waals surface area contributed by atoms with Crippen LogP contribution < -0.4 is 0 Å². The second-order valence-corrected chi connectivity index (χ2v) is 7.43. The molecule has 0 bridgehead atoms. The number of fused-ring (bicyclic) bond motifs is 1. The number of halogens is 2. The Balaban J connectivity index is 2.14. The van der Waals surface area contributed by atoms with Gasteiger partial charge in [-0.15, -0.1) is 11.6 Å². The Morgan fingerprint density at radius 1 is 1.33 bits per heavy atom. The summed E-state index contributed by atoms with van der Waals surface area (Å²) in [4.78, 5) is 4.78. The fraction of sp³-hybridized carbons (Fsp3) is 0.562. The quantitative estimate of drug-likeness (QED) is 0.700. The minimum absolute atomic E-state index is 0.510. The Labute approximate surface area is 140 Å². The fourth-order valence-electron chi connectivity index (χ4n) is 3.41. The molecular weight excluding hydrogens is 323 g/mol. The molecule has 0 saturated heterocycles. The van der Waals surface area contributed by atoms with Crippen LogP contribution in [0.1, 0.15) is 37.5 Å². The first-order valence-electron chi connectivity index (χ1n) is 7.50. The van der Waals surface area contributed by atoms with E-state index in [2.05, 4.69) is 16.9 Å². The molecular formula is C16H20Cl2N2S. The van der Waals surface area contributed by atoms with Crippen LogP contribution in [0.3, 0.4) is 0 Å². The molecule has 1 aromatic carbocycles. The lowest BCUT2D eigenvalue weighted by Gasteiger charge is -2.33. The average Bonchev–Trinajstić information content (AvgIpc) is 2.87. The summed E-state index contributed by atoms with van der Waals surface area (Å²) in [5.74, 6) is 1.68. The first-order chi connectivity index (χ1) is 10.3. The molecule has 5 heteroatoms. The molecule has 1 heterocycles. The van der Waals surface area contributed by atoms with Crippen LogP contribution in [0.5, 0.6) is 0 Å². The number of hydrogen-bond donors (Lipinski definition) is 0. The molecule has 0 radical (unpaired) electrons. The van der Waals surface area contributed by atoms with E-state index in [1.165, 1.54) is 25.7 Å². The van der Waals surface area contributed by atoms with Crippen molar-refractivity contribution in [1.29, 1.82) is 0 Å². The molecule has 1 aliphatic rings. The van der Waals surface area contributed by atoms with Crippen molar-refractivity contribution in [2.24, 2.45) is 0 Å². The number of alkyl halides is 1. The molecule has 21 heavy (non-hydrogen) atoms. The van der Waals surface area contributed by atoms with E-state index in [0.717, 1.165) is 28.3 Å². The van der Waals surface area contributed by atoms with Gasteiger partial charge in [0.15, 0.2) is 0 Å². The SMILES string of the molecule is CSC1CCCCC1n1c(CCCl)nc2c(Cl)cccc21. The zero-order valence-electron chi connectivity index (χ0n) is 12.2. The van der Waals surface area contributed by atoms with Crippen molar-refractivity contribution in [3.8, 4) is 0 Å². The van der Waals surface area contributed by atoms with Gasteiger partial charge in [0.1, 0.15) is 11.3 Å².